The molecular formula is C14H22ClNO. The molecular weight excluding hydrogens is 234 g/mol. The smallest absolute Gasteiger partial charge is 0.129 e. The van der Waals surface area contributed by atoms with Crippen molar-refractivity contribution in [3.8, 4) is 0 Å². The molecule has 2 nitrogen and oxygen atoms in total. The van der Waals surface area contributed by atoms with Crippen molar-refractivity contribution >= 4 is 11.6 Å². The molecule has 0 saturated heterocycles. The Kier molecular flexibility index (Phi) is 7.22. The van der Waals surface area contributed by atoms with E-state index in [-0.39, 0.29) is 0 Å². The molecule has 1 aromatic heterocycles. The summed E-state index contributed by atoms with van der Waals surface area (Å²) in [5.74, 6) is 0.690. The van der Waals surface area contributed by atoms with Gasteiger partial charge in [-0.25, -0.2) is 4.98 Å². The molecule has 1 heterocycles. The molecule has 3 heteroatoms. The first-order chi connectivity index (χ1) is 8.26. The van der Waals surface area contributed by atoms with E-state index in [1.54, 1.807) is 12.3 Å². The van der Waals surface area contributed by atoms with Gasteiger partial charge in [-0.1, -0.05) is 50.8 Å². The first kappa shape index (κ1) is 14.5. The van der Waals surface area contributed by atoms with Crippen molar-refractivity contribution in [2.24, 2.45) is 5.92 Å². The Bertz CT molecular complexity index is 300. The lowest BCUT2D eigenvalue weighted by molar-refractivity contribution is 0.0818. The summed E-state index contributed by atoms with van der Waals surface area (Å²) in [6.45, 7) is 5.94. The standard InChI is InChI=1S/C14H22ClNO/c1-3-5-6-12(4-2)10-17-11-13-7-8-14(15)16-9-13/h7-9,12H,3-6,10-11H2,1-2H3. The molecule has 0 bridgehead atoms. The molecule has 0 aliphatic carbocycles. The number of hydrogen-bond donors (Lipinski definition) is 0. The third-order valence-electron chi connectivity index (χ3n) is 2.95. The summed E-state index contributed by atoms with van der Waals surface area (Å²) in [6, 6.07) is 3.76. The van der Waals surface area contributed by atoms with Crippen LogP contribution in [0, 0.1) is 5.92 Å². The van der Waals surface area contributed by atoms with Crippen LogP contribution in [0.15, 0.2) is 18.3 Å². The molecule has 0 aromatic carbocycles. The van der Waals surface area contributed by atoms with Crippen molar-refractivity contribution in [1.29, 1.82) is 0 Å². The van der Waals surface area contributed by atoms with Crippen molar-refractivity contribution < 1.29 is 4.74 Å². The van der Waals surface area contributed by atoms with Gasteiger partial charge in [-0.05, 0) is 24.0 Å². The lowest BCUT2D eigenvalue weighted by atomic mass is 10.0. The molecule has 0 spiro atoms. The normalized spacial score (nSPS) is 12.6. The summed E-state index contributed by atoms with van der Waals surface area (Å²) in [4.78, 5) is 4.03. The topological polar surface area (TPSA) is 22.1 Å². The predicted molar refractivity (Wildman–Crippen MR) is 72.2 cm³/mol. The summed E-state index contributed by atoms with van der Waals surface area (Å²) in [5, 5.41) is 0.531. The average molecular weight is 256 g/mol. The van der Waals surface area contributed by atoms with Gasteiger partial charge in [0.2, 0.25) is 0 Å². The van der Waals surface area contributed by atoms with Gasteiger partial charge < -0.3 is 4.74 Å². The number of ether oxygens (including phenoxy) is 1. The predicted octanol–water partition coefficient (Wildman–Crippen LogP) is 4.47. The maximum atomic E-state index is 5.73. The maximum absolute atomic E-state index is 5.73. The third kappa shape index (κ3) is 6.04. The maximum Gasteiger partial charge on any atom is 0.129 e. The van der Waals surface area contributed by atoms with Gasteiger partial charge in [0, 0.05) is 12.8 Å². The number of nitrogens with zero attached hydrogens (tertiary/aromatic N) is 1. The van der Waals surface area contributed by atoms with Gasteiger partial charge in [0.1, 0.15) is 5.15 Å². The Labute approximate surface area is 109 Å². The van der Waals surface area contributed by atoms with Crippen LogP contribution in [0.4, 0.5) is 0 Å². The minimum atomic E-state index is 0.531. The van der Waals surface area contributed by atoms with Gasteiger partial charge >= 0.3 is 0 Å². The molecule has 0 fully saturated rings. The van der Waals surface area contributed by atoms with E-state index >= 15 is 0 Å². The molecule has 96 valence electrons. The highest BCUT2D eigenvalue weighted by Gasteiger charge is 2.05. The van der Waals surface area contributed by atoms with Crippen LogP contribution in [0.3, 0.4) is 0 Å². The van der Waals surface area contributed by atoms with Crippen LogP contribution in [-0.2, 0) is 11.3 Å². The Balaban J connectivity index is 2.23. The van der Waals surface area contributed by atoms with Gasteiger partial charge in [0.05, 0.1) is 6.61 Å². The Hall–Kier alpha value is -0.600. The van der Waals surface area contributed by atoms with E-state index in [0.717, 1.165) is 12.2 Å². The van der Waals surface area contributed by atoms with Crippen LogP contribution in [0.1, 0.15) is 45.1 Å². The Morgan fingerprint density at radius 2 is 2.18 bits per heavy atom. The van der Waals surface area contributed by atoms with Crippen molar-refractivity contribution in [2.75, 3.05) is 6.61 Å². The molecule has 0 saturated carbocycles. The van der Waals surface area contributed by atoms with E-state index in [4.69, 9.17) is 16.3 Å². The fourth-order valence-corrected chi connectivity index (χ4v) is 1.85. The van der Waals surface area contributed by atoms with Gasteiger partial charge in [-0.15, -0.1) is 0 Å². The SMILES string of the molecule is CCCCC(CC)COCc1ccc(Cl)nc1. The lowest BCUT2D eigenvalue weighted by Gasteiger charge is -2.14. The zero-order valence-corrected chi connectivity index (χ0v) is 11.5. The number of rotatable bonds is 8. The van der Waals surface area contributed by atoms with Crippen LogP contribution in [0.5, 0.6) is 0 Å². The molecule has 0 N–H and O–H groups in total. The monoisotopic (exact) mass is 255 g/mol. The molecule has 0 aliphatic heterocycles. The third-order valence-corrected chi connectivity index (χ3v) is 3.18. The number of aromatic nitrogens is 1. The van der Waals surface area contributed by atoms with Gasteiger partial charge in [0.25, 0.3) is 0 Å². The van der Waals surface area contributed by atoms with E-state index in [0.29, 0.717) is 17.7 Å². The van der Waals surface area contributed by atoms with Gasteiger partial charge in [-0.2, -0.15) is 0 Å². The van der Waals surface area contributed by atoms with Crippen molar-refractivity contribution in [1.82, 2.24) is 4.98 Å². The number of halogens is 1. The van der Waals surface area contributed by atoms with E-state index in [1.165, 1.54) is 25.7 Å². The van der Waals surface area contributed by atoms with Crippen LogP contribution >= 0.6 is 11.6 Å². The summed E-state index contributed by atoms with van der Waals surface area (Å²) in [7, 11) is 0. The van der Waals surface area contributed by atoms with Crippen LogP contribution in [0.25, 0.3) is 0 Å². The molecule has 0 radical (unpaired) electrons. The average Bonchev–Trinajstić information content (AvgIpc) is 2.36. The number of hydrogen-bond acceptors (Lipinski definition) is 2. The molecule has 0 aliphatic rings. The fourth-order valence-electron chi connectivity index (χ4n) is 1.73. The van der Waals surface area contributed by atoms with E-state index in [9.17, 15) is 0 Å². The first-order valence-electron chi connectivity index (χ1n) is 6.44. The van der Waals surface area contributed by atoms with Crippen LogP contribution < -0.4 is 0 Å². The summed E-state index contributed by atoms with van der Waals surface area (Å²) in [5.41, 5.74) is 1.08. The largest absolute Gasteiger partial charge is 0.376 e. The second-order valence-corrected chi connectivity index (χ2v) is 4.81. The summed E-state index contributed by atoms with van der Waals surface area (Å²) in [6.07, 6.45) is 6.79. The van der Waals surface area contributed by atoms with Crippen molar-refractivity contribution in [3.63, 3.8) is 0 Å². The second-order valence-electron chi connectivity index (χ2n) is 4.42. The molecule has 0 amide bonds. The van der Waals surface area contributed by atoms with Crippen molar-refractivity contribution in [3.05, 3.63) is 29.0 Å². The zero-order valence-electron chi connectivity index (χ0n) is 10.8. The Morgan fingerprint density at radius 3 is 2.76 bits per heavy atom. The van der Waals surface area contributed by atoms with Gasteiger partial charge in [-0.3, -0.25) is 0 Å². The first-order valence-corrected chi connectivity index (χ1v) is 6.82. The quantitative estimate of drug-likeness (QED) is 0.640. The molecule has 1 aromatic rings. The molecule has 1 rings (SSSR count). The van der Waals surface area contributed by atoms with E-state index < -0.39 is 0 Å². The van der Waals surface area contributed by atoms with E-state index in [2.05, 4.69) is 18.8 Å². The lowest BCUT2D eigenvalue weighted by Crippen LogP contribution is -2.08. The number of pyridine rings is 1. The van der Waals surface area contributed by atoms with Crippen LogP contribution in [-0.4, -0.2) is 11.6 Å². The zero-order chi connectivity index (χ0) is 12.5. The fraction of sp³-hybridized carbons (Fsp3) is 0.643. The minimum absolute atomic E-state index is 0.531. The van der Waals surface area contributed by atoms with E-state index in [1.807, 2.05) is 6.07 Å². The van der Waals surface area contributed by atoms with Gasteiger partial charge in [0.15, 0.2) is 0 Å². The summed E-state index contributed by atoms with van der Waals surface area (Å²) >= 11 is 5.72. The van der Waals surface area contributed by atoms with Crippen LogP contribution in [0.2, 0.25) is 5.15 Å². The highest BCUT2D eigenvalue weighted by molar-refractivity contribution is 6.29. The minimum Gasteiger partial charge on any atom is -0.376 e. The Morgan fingerprint density at radius 1 is 1.35 bits per heavy atom. The molecule has 1 atom stereocenters. The molecule has 1 unspecified atom stereocenters. The summed E-state index contributed by atoms with van der Waals surface area (Å²) < 4.78 is 5.73. The number of unbranched alkanes of at least 4 members (excludes halogenated alkanes) is 1. The highest BCUT2D eigenvalue weighted by Crippen LogP contribution is 2.14. The molecule has 17 heavy (non-hydrogen) atoms. The second kappa shape index (κ2) is 8.48. The van der Waals surface area contributed by atoms with Crippen molar-refractivity contribution in [2.45, 2.75) is 46.1 Å². The highest BCUT2D eigenvalue weighted by atomic mass is 35.5.